The highest BCUT2D eigenvalue weighted by Gasteiger charge is 2.23. The Balaban J connectivity index is 2.10. The molecule has 1 aliphatic rings. The van der Waals surface area contributed by atoms with E-state index in [9.17, 15) is 0 Å². The van der Waals surface area contributed by atoms with E-state index in [1.54, 1.807) is 6.33 Å². The highest BCUT2D eigenvalue weighted by molar-refractivity contribution is 5.81. The van der Waals surface area contributed by atoms with Gasteiger partial charge in [-0.05, 0) is 0 Å². The largest absolute Gasteiger partial charge is 0.382 e. The summed E-state index contributed by atoms with van der Waals surface area (Å²) in [6.07, 6.45) is 3.48. The lowest BCUT2D eigenvalue weighted by Gasteiger charge is -1.99. The Hall–Kier alpha value is -1.69. The lowest BCUT2D eigenvalue weighted by Crippen LogP contribution is -2.03. The Bertz CT molecular complexity index is 476. The van der Waals surface area contributed by atoms with Crippen LogP contribution in [0.1, 0.15) is 0 Å². The molecule has 1 aliphatic heterocycles. The third-order valence-electron chi connectivity index (χ3n) is 2.23. The quantitative estimate of drug-likeness (QED) is 0.665. The lowest BCUT2D eigenvalue weighted by molar-refractivity contribution is 0.384. The summed E-state index contributed by atoms with van der Waals surface area (Å²) in [6.45, 7) is 1.60. The topological polar surface area (TPSA) is 82.2 Å². The minimum Gasteiger partial charge on any atom is -0.382 e. The van der Waals surface area contributed by atoms with Crippen LogP contribution >= 0.6 is 0 Å². The minimum atomic E-state index is 0.309. The molecular formula is C8H9N5O. The van der Waals surface area contributed by atoms with Gasteiger partial charge in [0.2, 0.25) is 0 Å². The number of anilines is 1. The molecule has 0 radical (unpaired) electrons. The van der Waals surface area contributed by atoms with Crippen LogP contribution in [0.5, 0.6) is 0 Å². The van der Waals surface area contributed by atoms with Crippen molar-refractivity contribution in [1.29, 1.82) is 0 Å². The summed E-state index contributed by atoms with van der Waals surface area (Å²) >= 11 is 0. The van der Waals surface area contributed by atoms with Crippen molar-refractivity contribution < 1.29 is 4.74 Å². The Morgan fingerprint density at radius 1 is 1.50 bits per heavy atom. The fourth-order valence-corrected chi connectivity index (χ4v) is 1.43. The van der Waals surface area contributed by atoms with Gasteiger partial charge in [-0.2, -0.15) is 0 Å². The molecular weight excluding hydrogens is 182 g/mol. The predicted octanol–water partition coefficient (Wildman–Crippen LogP) is -0.193. The average molecular weight is 191 g/mol. The zero-order valence-corrected chi connectivity index (χ0v) is 7.42. The van der Waals surface area contributed by atoms with Gasteiger partial charge in [0.05, 0.1) is 25.6 Å². The van der Waals surface area contributed by atoms with Gasteiger partial charge >= 0.3 is 0 Å². The van der Waals surface area contributed by atoms with Crippen LogP contribution in [0.15, 0.2) is 12.7 Å². The third-order valence-corrected chi connectivity index (χ3v) is 2.23. The van der Waals surface area contributed by atoms with Crippen molar-refractivity contribution in [2.45, 2.75) is 12.6 Å². The summed E-state index contributed by atoms with van der Waals surface area (Å²) in [5, 5.41) is 0. The highest BCUT2D eigenvalue weighted by atomic mass is 16.6. The fraction of sp³-hybridized carbons (Fsp3) is 0.375. The highest BCUT2D eigenvalue weighted by Crippen LogP contribution is 2.18. The normalized spacial score (nSPS) is 20.1. The molecule has 2 N–H and O–H groups in total. The molecule has 6 heteroatoms. The maximum absolute atomic E-state index is 5.66. The van der Waals surface area contributed by atoms with Crippen LogP contribution in [0.3, 0.4) is 0 Å². The predicted molar refractivity (Wildman–Crippen MR) is 49.5 cm³/mol. The molecule has 0 saturated carbocycles. The second kappa shape index (κ2) is 2.65. The Kier molecular flexibility index (Phi) is 1.45. The standard InChI is InChI=1S/C8H9N5O/c9-7-6-8(11-3-10-7)13(4-12-6)1-5-2-14-5/h3-5H,1-2H2,(H2,9,10,11). The van der Waals surface area contributed by atoms with E-state index >= 15 is 0 Å². The second-order valence-electron chi connectivity index (χ2n) is 3.28. The number of ether oxygens (including phenoxy) is 1. The fourth-order valence-electron chi connectivity index (χ4n) is 1.43. The number of hydrogen-bond acceptors (Lipinski definition) is 5. The number of nitrogens with zero attached hydrogens (tertiary/aromatic N) is 4. The smallest absolute Gasteiger partial charge is 0.165 e. The molecule has 1 fully saturated rings. The molecule has 2 aromatic rings. The summed E-state index contributed by atoms with van der Waals surface area (Å²) in [5.74, 6) is 0.422. The summed E-state index contributed by atoms with van der Waals surface area (Å²) in [4.78, 5) is 12.2. The number of aromatic nitrogens is 4. The van der Waals surface area contributed by atoms with Crippen LogP contribution in [0.2, 0.25) is 0 Å². The number of fused-ring (bicyclic) bond motifs is 1. The number of rotatable bonds is 2. The molecule has 2 aromatic heterocycles. The maximum atomic E-state index is 5.66. The lowest BCUT2D eigenvalue weighted by atomic mass is 10.4. The first-order chi connectivity index (χ1) is 6.84. The summed E-state index contributed by atoms with van der Waals surface area (Å²) in [5.41, 5.74) is 7.09. The van der Waals surface area contributed by atoms with Gasteiger partial charge in [0.1, 0.15) is 11.8 Å². The van der Waals surface area contributed by atoms with Crippen molar-refractivity contribution in [2.75, 3.05) is 12.3 Å². The van der Waals surface area contributed by atoms with Crippen LogP contribution in [-0.2, 0) is 11.3 Å². The zero-order chi connectivity index (χ0) is 9.54. The van der Waals surface area contributed by atoms with Crippen LogP contribution in [0.4, 0.5) is 5.82 Å². The van der Waals surface area contributed by atoms with Crippen molar-refractivity contribution >= 4 is 17.0 Å². The number of imidazole rings is 1. The molecule has 6 nitrogen and oxygen atoms in total. The van der Waals surface area contributed by atoms with E-state index in [1.165, 1.54) is 6.33 Å². The number of nitrogens with two attached hydrogens (primary N) is 1. The van der Waals surface area contributed by atoms with Gasteiger partial charge in [0, 0.05) is 0 Å². The molecule has 0 spiro atoms. The van der Waals surface area contributed by atoms with Crippen LogP contribution < -0.4 is 5.73 Å². The Morgan fingerprint density at radius 2 is 2.36 bits per heavy atom. The van der Waals surface area contributed by atoms with Gasteiger partial charge in [-0.3, -0.25) is 0 Å². The number of epoxide rings is 1. The molecule has 3 rings (SSSR count). The van der Waals surface area contributed by atoms with Crippen molar-refractivity contribution in [1.82, 2.24) is 19.5 Å². The molecule has 1 unspecified atom stereocenters. The minimum absolute atomic E-state index is 0.309. The van der Waals surface area contributed by atoms with Crippen LogP contribution in [0.25, 0.3) is 11.2 Å². The van der Waals surface area contributed by atoms with E-state index in [0.29, 0.717) is 17.4 Å². The Labute approximate surface area is 79.7 Å². The third kappa shape index (κ3) is 1.12. The monoisotopic (exact) mass is 191 g/mol. The molecule has 1 atom stereocenters. The Morgan fingerprint density at radius 3 is 3.14 bits per heavy atom. The van der Waals surface area contributed by atoms with Gasteiger partial charge in [-0.1, -0.05) is 0 Å². The van der Waals surface area contributed by atoms with E-state index < -0.39 is 0 Å². The van der Waals surface area contributed by atoms with Crippen molar-refractivity contribution in [3.8, 4) is 0 Å². The molecule has 0 aliphatic carbocycles. The average Bonchev–Trinajstić information content (AvgIpc) is 2.88. The summed E-state index contributed by atoms with van der Waals surface area (Å²) in [7, 11) is 0. The van der Waals surface area contributed by atoms with E-state index in [2.05, 4.69) is 15.0 Å². The molecule has 1 saturated heterocycles. The molecule has 0 bridgehead atoms. The second-order valence-corrected chi connectivity index (χ2v) is 3.28. The first-order valence-corrected chi connectivity index (χ1v) is 4.37. The summed E-state index contributed by atoms with van der Waals surface area (Å²) in [6, 6.07) is 0. The van der Waals surface area contributed by atoms with E-state index in [4.69, 9.17) is 10.5 Å². The van der Waals surface area contributed by atoms with Gasteiger partial charge in [-0.15, -0.1) is 0 Å². The van der Waals surface area contributed by atoms with Gasteiger partial charge in [-0.25, -0.2) is 15.0 Å². The first kappa shape index (κ1) is 7.69. The van der Waals surface area contributed by atoms with Crippen molar-refractivity contribution in [2.24, 2.45) is 0 Å². The molecule has 72 valence electrons. The molecule has 0 amide bonds. The van der Waals surface area contributed by atoms with Gasteiger partial charge in [0.15, 0.2) is 11.5 Å². The molecule has 14 heavy (non-hydrogen) atoms. The van der Waals surface area contributed by atoms with Crippen molar-refractivity contribution in [3.05, 3.63) is 12.7 Å². The number of nitrogen functional groups attached to an aromatic ring is 1. The van der Waals surface area contributed by atoms with E-state index in [0.717, 1.165) is 18.8 Å². The van der Waals surface area contributed by atoms with Crippen molar-refractivity contribution in [3.63, 3.8) is 0 Å². The molecule has 0 aromatic carbocycles. The van der Waals surface area contributed by atoms with Gasteiger partial charge < -0.3 is 15.0 Å². The van der Waals surface area contributed by atoms with Gasteiger partial charge in [0.25, 0.3) is 0 Å². The van der Waals surface area contributed by atoms with Crippen LogP contribution in [0, 0.1) is 0 Å². The first-order valence-electron chi connectivity index (χ1n) is 4.37. The molecule has 3 heterocycles. The zero-order valence-electron chi connectivity index (χ0n) is 7.42. The van der Waals surface area contributed by atoms with E-state index in [-0.39, 0.29) is 0 Å². The summed E-state index contributed by atoms with van der Waals surface area (Å²) < 4.78 is 7.07. The SMILES string of the molecule is Nc1ncnc2c1ncn2CC1CO1. The maximum Gasteiger partial charge on any atom is 0.165 e. The van der Waals surface area contributed by atoms with E-state index in [1.807, 2.05) is 4.57 Å². The number of hydrogen-bond donors (Lipinski definition) is 1. The van der Waals surface area contributed by atoms with Crippen LogP contribution in [-0.4, -0.2) is 32.2 Å².